The van der Waals surface area contributed by atoms with Gasteiger partial charge < -0.3 is 64.7 Å². The van der Waals surface area contributed by atoms with Crippen molar-refractivity contribution in [2.45, 2.75) is 130 Å². The number of nitrogens with zero attached hydrogens (tertiary/aromatic N) is 3. The normalized spacial score (nSPS) is 15.3. The average molecular weight is 1050 g/mol. The molecule has 1 aromatic carbocycles. The van der Waals surface area contributed by atoms with E-state index in [0.717, 1.165) is 28.7 Å². The highest BCUT2D eigenvalue weighted by molar-refractivity contribution is 7.46. The van der Waals surface area contributed by atoms with Gasteiger partial charge >= 0.3 is 25.7 Å². The molecule has 7 amide bonds. The number of ether oxygens (including phenoxy) is 4. The zero-order valence-electron chi connectivity index (χ0n) is 43.9. The minimum atomic E-state index is -5.29. The first-order valence-electron chi connectivity index (χ1n) is 22.9. The van der Waals surface area contributed by atoms with Gasteiger partial charge in [0.05, 0.1) is 13.2 Å². The molecule has 0 spiro atoms. The van der Waals surface area contributed by atoms with E-state index in [-0.39, 0.29) is 12.1 Å². The van der Waals surface area contributed by atoms with Crippen molar-refractivity contribution < 1.29 is 85.8 Å². The van der Waals surface area contributed by atoms with Crippen molar-refractivity contribution in [1.29, 1.82) is 0 Å². The third-order valence-electron chi connectivity index (χ3n) is 11.3. The van der Waals surface area contributed by atoms with E-state index in [4.69, 9.17) is 23.5 Å². The second-order valence-corrected chi connectivity index (χ2v) is 18.8. The number of phosphoric acid groups is 1. The standard InChI is InChI=1S/C47H72N7O18P/c1-17-33(49-30(10)55)45(62)70-34(23-32-21-19-18-20-22-32)43(60)53(13)27(7)40(57)48-26(6)42(59)52(12)28(8)41(58)51-35(44(61)54(14)37(29(9)68-15)47(64)69-16)38(24(2)3)71-46(63)36(50-31(11)56)39(25(4)5)72-73(65,66)67/h17-22,24-26,28-29,34-39H,7,23H2,1-6,8-16H3,(H,48,57)(H,49,55)(H,50,56)(H,51,58)(H2,65,66,67)/b33-17+/t26-,28-,29+,34+,35-,36-,37-,38+,39+/m0/s1. The van der Waals surface area contributed by atoms with E-state index in [1.807, 2.05) is 0 Å². The fourth-order valence-electron chi connectivity index (χ4n) is 6.99. The molecule has 0 bridgehead atoms. The molecule has 0 aliphatic carbocycles. The van der Waals surface area contributed by atoms with Gasteiger partial charge in [-0.05, 0) is 45.1 Å². The Kier molecular flexibility index (Phi) is 25.8. The van der Waals surface area contributed by atoms with Gasteiger partial charge in [-0.2, -0.15) is 0 Å². The number of carbonyl (C=O) groups is 10. The van der Waals surface area contributed by atoms with E-state index in [9.17, 15) is 62.3 Å². The summed E-state index contributed by atoms with van der Waals surface area (Å²) in [6.07, 6.45) is -4.76. The summed E-state index contributed by atoms with van der Waals surface area (Å²) in [6, 6.07) is 0.365. The number of hydrogen-bond acceptors (Lipinski definition) is 16. The van der Waals surface area contributed by atoms with Gasteiger partial charge in [0.1, 0.15) is 41.7 Å². The van der Waals surface area contributed by atoms with Gasteiger partial charge in [-0.15, -0.1) is 0 Å². The Morgan fingerprint density at radius 2 is 1.29 bits per heavy atom. The molecular weight excluding hydrogens is 982 g/mol. The molecular formula is C47H72N7O18P. The van der Waals surface area contributed by atoms with Gasteiger partial charge in [-0.25, -0.2) is 18.9 Å². The number of amides is 7. The second-order valence-electron chi connectivity index (χ2n) is 17.6. The van der Waals surface area contributed by atoms with E-state index >= 15 is 0 Å². The summed E-state index contributed by atoms with van der Waals surface area (Å²) < 4.78 is 38.5. The van der Waals surface area contributed by atoms with Crippen molar-refractivity contribution in [1.82, 2.24) is 36.0 Å². The quantitative estimate of drug-likeness (QED) is 0.0297. The molecule has 0 aliphatic heterocycles. The van der Waals surface area contributed by atoms with Crippen molar-refractivity contribution in [2.75, 3.05) is 35.4 Å². The minimum Gasteiger partial charge on any atom is -0.467 e. The summed E-state index contributed by atoms with van der Waals surface area (Å²) in [7, 11) is 0.606. The molecule has 0 unspecified atom stereocenters. The maximum absolute atomic E-state index is 14.6. The van der Waals surface area contributed by atoms with Crippen LogP contribution in [0.25, 0.3) is 0 Å². The van der Waals surface area contributed by atoms with Crippen molar-refractivity contribution >= 4 is 67.1 Å². The molecule has 0 aliphatic rings. The molecule has 1 aromatic rings. The van der Waals surface area contributed by atoms with Gasteiger partial charge in [0.25, 0.3) is 11.8 Å². The zero-order valence-corrected chi connectivity index (χ0v) is 44.8. The van der Waals surface area contributed by atoms with Crippen molar-refractivity contribution in [3.05, 3.63) is 59.9 Å². The van der Waals surface area contributed by atoms with Crippen LogP contribution in [0.1, 0.15) is 74.8 Å². The molecule has 0 saturated carbocycles. The monoisotopic (exact) mass is 1050 g/mol. The van der Waals surface area contributed by atoms with Gasteiger partial charge in [-0.3, -0.25) is 38.1 Å². The number of benzene rings is 1. The van der Waals surface area contributed by atoms with Crippen LogP contribution >= 0.6 is 7.82 Å². The van der Waals surface area contributed by atoms with E-state index < -0.39 is 139 Å². The highest BCUT2D eigenvalue weighted by Crippen LogP contribution is 2.40. The summed E-state index contributed by atoms with van der Waals surface area (Å²) >= 11 is 0. The van der Waals surface area contributed by atoms with Crippen molar-refractivity contribution in [3.63, 3.8) is 0 Å². The van der Waals surface area contributed by atoms with Gasteiger partial charge in [-0.1, -0.05) is 70.7 Å². The maximum Gasteiger partial charge on any atom is 0.469 e. The fraction of sp³-hybridized carbons (Fsp3) is 0.574. The molecule has 1 rings (SSSR count). The van der Waals surface area contributed by atoms with E-state index in [2.05, 4.69) is 27.8 Å². The Labute approximate surface area is 425 Å². The van der Waals surface area contributed by atoms with Crippen LogP contribution in [0.2, 0.25) is 0 Å². The molecule has 0 saturated heterocycles. The summed E-state index contributed by atoms with van der Waals surface area (Å²) in [5.41, 5.74) is -0.142. The number of likely N-dealkylation sites (N-methyl/N-ethyl adjacent to an activating group) is 3. The number of phosphoric ester groups is 1. The SMILES string of the molecule is C=C(C(=O)N[C@@H](C)C(=O)N(C)[C@@H](C)C(=O)N[C@H](C(=O)N(C)[C@H](C(=O)OC)[C@@H](C)OC)[C@H](OC(=O)[C@@H](NC(C)=O)[C@H](OP(=O)(O)O)C(C)C)C(C)C)N(C)C(=O)[C@@H](Cc1ccccc1)OC(=O)/C(=C\C)NC(C)=O. The summed E-state index contributed by atoms with van der Waals surface area (Å²) in [4.78, 5) is 156. The Balaban J connectivity index is 3.60. The smallest absolute Gasteiger partial charge is 0.467 e. The lowest BCUT2D eigenvalue weighted by Gasteiger charge is -2.38. The Bertz CT molecular complexity index is 2250. The lowest BCUT2D eigenvalue weighted by Crippen LogP contribution is -2.63. The predicted octanol–water partition coefficient (Wildman–Crippen LogP) is 0.231. The molecule has 0 aromatic heterocycles. The highest BCUT2D eigenvalue weighted by atomic mass is 31.2. The number of carbonyl (C=O) groups excluding carboxylic acids is 10. The van der Waals surface area contributed by atoms with Gasteiger partial charge in [0.2, 0.25) is 29.5 Å². The third-order valence-corrected chi connectivity index (χ3v) is 11.8. The summed E-state index contributed by atoms with van der Waals surface area (Å²) in [6.45, 7) is 17.2. The predicted molar refractivity (Wildman–Crippen MR) is 260 cm³/mol. The van der Waals surface area contributed by atoms with Crippen LogP contribution in [-0.4, -0.2) is 174 Å². The third kappa shape index (κ3) is 19.4. The second kappa shape index (κ2) is 29.2. The molecule has 0 fully saturated rings. The topological polar surface area (TPSA) is 332 Å². The lowest BCUT2D eigenvalue weighted by molar-refractivity contribution is -0.167. The van der Waals surface area contributed by atoms with E-state index in [0.29, 0.717) is 5.56 Å². The molecule has 6 N–H and O–H groups in total. The number of allylic oxidation sites excluding steroid dienone is 1. The molecule has 25 nitrogen and oxygen atoms in total. The largest absolute Gasteiger partial charge is 0.469 e. The molecule has 73 heavy (non-hydrogen) atoms. The highest BCUT2D eigenvalue weighted by Gasteiger charge is 2.46. The van der Waals surface area contributed by atoms with Crippen LogP contribution < -0.4 is 21.3 Å². The van der Waals surface area contributed by atoms with Crippen LogP contribution in [0.4, 0.5) is 0 Å². The first-order valence-corrected chi connectivity index (χ1v) is 24.4. The maximum atomic E-state index is 14.6. The number of nitrogens with one attached hydrogen (secondary N) is 4. The summed E-state index contributed by atoms with van der Waals surface area (Å²) in [5, 5.41) is 9.51. The van der Waals surface area contributed by atoms with Crippen LogP contribution in [-0.2, 0) is 82.4 Å². The first kappa shape index (κ1) is 64.5. The molecule has 26 heteroatoms. The Morgan fingerprint density at radius 1 is 0.726 bits per heavy atom. The lowest BCUT2D eigenvalue weighted by atomic mass is 9.95. The molecule has 0 heterocycles. The molecule has 9 atom stereocenters. The minimum absolute atomic E-state index is 0.146. The van der Waals surface area contributed by atoms with Crippen LogP contribution in [0.3, 0.4) is 0 Å². The zero-order chi connectivity index (χ0) is 56.4. The first-order chi connectivity index (χ1) is 33.8. The molecule has 408 valence electrons. The molecule has 0 radical (unpaired) electrons. The van der Waals surface area contributed by atoms with Crippen LogP contribution in [0.15, 0.2) is 54.4 Å². The van der Waals surface area contributed by atoms with Gasteiger partial charge in [0.15, 0.2) is 18.2 Å². The van der Waals surface area contributed by atoms with Crippen molar-refractivity contribution in [3.8, 4) is 0 Å². The Hall–Kier alpha value is -6.53. The number of hydrogen-bond donors (Lipinski definition) is 6. The van der Waals surface area contributed by atoms with E-state index in [1.165, 1.54) is 96.6 Å². The average Bonchev–Trinajstić information content (AvgIpc) is 3.32. The Morgan fingerprint density at radius 3 is 1.75 bits per heavy atom. The van der Waals surface area contributed by atoms with E-state index in [1.54, 1.807) is 30.3 Å². The number of rotatable bonds is 27. The fourth-order valence-corrected chi connectivity index (χ4v) is 7.67. The van der Waals surface area contributed by atoms with Crippen molar-refractivity contribution in [2.24, 2.45) is 11.8 Å². The van der Waals surface area contributed by atoms with Gasteiger partial charge in [0, 0.05) is 48.5 Å². The number of esters is 3. The number of methoxy groups -OCH3 is 2. The van der Waals surface area contributed by atoms with Crippen LogP contribution in [0, 0.1) is 11.8 Å². The van der Waals surface area contributed by atoms with Crippen LogP contribution in [0.5, 0.6) is 0 Å². The summed E-state index contributed by atoms with van der Waals surface area (Å²) in [5.74, 6) is -11.3.